The molecular formula is C20H25Cl2N3O2. The van der Waals surface area contributed by atoms with Crippen molar-refractivity contribution in [2.24, 2.45) is 0 Å². The number of hydrogen-bond acceptors (Lipinski definition) is 4. The topological polar surface area (TPSA) is 49.6 Å². The van der Waals surface area contributed by atoms with Gasteiger partial charge < -0.3 is 14.2 Å². The average molecular weight is 410 g/mol. The highest BCUT2D eigenvalue weighted by atomic mass is 35.5. The second-order valence-corrected chi connectivity index (χ2v) is 7.86. The summed E-state index contributed by atoms with van der Waals surface area (Å²) in [4.78, 5) is 21.7. The van der Waals surface area contributed by atoms with Crippen LogP contribution < -0.4 is 0 Å². The van der Waals surface area contributed by atoms with Crippen LogP contribution in [0.4, 0.5) is 0 Å². The van der Waals surface area contributed by atoms with E-state index in [1.54, 1.807) is 25.1 Å². The molecule has 0 spiro atoms. The first-order valence-corrected chi connectivity index (χ1v) is 10.1. The van der Waals surface area contributed by atoms with E-state index in [0.717, 1.165) is 38.9 Å². The maximum atomic E-state index is 13.0. The Kier molecular flexibility index (Phi) is 6.45. The van der Waals surface area contributed by atoms with Crippen LogP contribution in [0.15, 0.2) is 22.6 Å². The van der Waals surface area contributed by atoms with Crippen molar-refractivity contribution in [3.63, 3.8) is 0 Å². The summed E-state index contributed by atoms with van der Waals surface area (Å²) in [6.07, 6.45) is 3.13. The number of rotatable bonds is 5. The van der Waals surface area contributed by atoms with Gasteiger partial charge >= 0.3 is 0 Å². The minimum atomic E-state index is -0.100. The Hall–Kier alpha value is -1.56. The smallest absolute Gasteiger partial charge is 0.276 e. The predicted molar refractivity (Wildman–Crippen MR) is 109 cm³/mol. The summed E-state index contributed by atoms with van der Waals surface area (Å²) in [6, 6.07) is 5.39. The Balaban J connectivity index is 1.73. The molecule has 2 aromatic rings. The van der Waals surface area contributed by atoms with E-state index in [0.29, 0.717) is 33.0 Å². The summed E-state index contributed by atoms with van der Waals surface area (Å²) in [5.41, 5.74) is 1.05. The molecule has 3 rings (SSSR count). The first-order valence-electron chi connectivity index (χ1n) is 9.33. The third-order valence-electron chi connectivity index (χ3n) is 5.13. The Bertz CT molecular complexity index is 814. The summed E-state index contributed by atoms with van der Waals surface area (Å²) in [5.74, 6) is 0.786. The quantitative estimate of drug-likeness (QED) is 0.703. The summed E-state index contributed by atoms with van der Waals surface area (Å²) in [7, 11) is 1.86. The zero-order valence-electron chi connectivity index (χ0n) is 16.0. The lowest BCUT2D eigenvalue weighted by Gasteiger charge is -2.36. The molecule has 0 N–H and O–H groups in total. The molecule has 1 aliphatic rings. The van der Waals surface area contributed by atoms with Gasteiger partial charge in [0.2, 0.25) is 5.89 Å². The van der Waals surface area contributed by atoms with E-state index in [1.165, 1.54) is 0 Å². The van der Waals surface area contributed by atoms with Gasteiger partial charge in [0.25, 0.3) is 5.91 Å². The molecule has 1 amide bonds. The number of hydrogen-bond donors (Lipinski definition) is 0. The fraction of sp³-hybridized carbons (Fsp3) is 0.500. The lowest BCUT2D eigenvalue weighted by molar-refractivity contribution is 0.0636. The molecule has 2 heterocycles. The molecule has 0 aliphatic carbocycles. The Labute approximate surface area is 170 Å². The van der Waals surface area contributed by atoms with E-state index in [4.69, 9.17) is 27.6 Å². The zero-order valence-corrected chi connectivity index (χ0v) is 17.5. The first kappa shape index (κ1) is 20.2. The fourth-order valence-electron chi connectivity index (χ4n) is 3.53. The van der Waals surface area contributed by atoms with E-state index >= 15 is 0 Å². The number of nitrogens with zero attached hydrogens (tertiary/aromatic N) is 3. The number of aromatic nitrogens is 1. The van der Waals surface area contributed by atoms with Crippen LogP contribution in [0, 0.1) is 6.92 Å². The van der Waals surface area contributed by atoms with E-state index in [9.17, 15) is 4.79 Å². The molecule has 1 aromatic heterocycles. The Morgan fingerprint density at radius 3 is 2.63 bits per heavy atom. The number of aryl methyl sites for hydroxylation is 1. The van der Waals surface area contributed by atoms with Gasteiger partial charge in [0, 0.05) is 31.7 Å². The van der Waals surface area contributed by atoms with Crippen LogP contribution >= 0.6 is 23.2 Å². The van der Waals surface area contributed by atoms with E-state index in [1.807, 2.05) is 11.9 Å². The van der Waals surface area contributed by atoms with Crippen LogP contribution in [0.5, 0.6) is 0 Å². The molecule has 0 radical (unpaired) electrons. The number of halogens is 2. The zero-order chi connectivity index (χ0) is 19.6. The second kappa shape index (κ2) is 8.63. The molecule has 1 aliphatic heterocycles. The number of piperidine rings is 1. The van der Waals surface area contributed by atoms with Crippen LogP contribution in [0.25, 0.3) is 11.5 Å². The maximum Gasteiger partial charge on any atom is 0.276 e. The third-order valence-corrected chi connectivity index (χ3v) is 5.87. The van der Waals surface area contributed by atoms with Crippen molar-refractivity contribution in [2.75, 3.05) is 26.7 Å². The highest BCUT2D eigenvalue weighted by Crippen LogP contribution is 2.29. The highest BCUT2D eigenvalue weighted by molar-refractivity contribution is 6.42. The van der Waals surface area contributed by atoms with Crippen molar-refractivity contribution in [1.29, 1.82) is 0 Å². The SMILES string of the molecule is CCCN1CCC(N(C)C(=O)c2nc(-c3ccc(Cl)c(Cl)c3)oc2C)CC1. The van der Waals surface area contributed by atoms with Crippen LogP contribution in [0.2, 0.25) is 10.0 Å². The summed E-state index contributed by atoms with van der Waals surface area (Å²) in [6.45, 7) is 7.14. The molecule has 0 unspecified atom stereocenters. The second-order valence-electron chi connectivity index (χ2n) is 7.04. The van der Waals surface area contributed by atoms with Crippen LogP contribution in [-0.2, 0) is 0 Å². The molecule has 0 atom stereocenters. The summed E-state index contributed by atoms with van der Waals surface area (Å²) in [5, 5.41) is 0.892. The van der Waals surface area contributed by atoms with Gasteiger partial charge in [-0.05, 0) is 50.9 Å². The van der Waals surface area contributed by atoms with Gasteiger partial charge in [-0.3, -0.25) is 4.79 Å². The molecule has 27 heavy (non-hydrogen) atoms. The van der Waals surface area contributed by atoms with Crippen LogP contribution in [0.3, 0.4) is 0 Å². The van der Waals surface area contributed by atoms with Gasteiger partial charge in [0.1, 0.15) is 5.76 Å². The van der Waals surface area contributed by atoms with Gasteiger partial charge in [0.05, 0.1) is 10.0 Å². The largest absolute Gasteiger partial charge is 0.441 e. The van der Waals surface area contributed by atoms with Gasteiger partial charge in [0.15, 0.2) is 5.69 Å². The standard InChI is InChI=1S/C20H25Cl2N3O2/c1-4-9-25-10-7-15(8-11-25)24(3)20(26)18-13(2)27-19(23-18)14-5-6-16(21)17(22)12-14/h5-6,12,15H,4,7-11H2,1-3H3. The molecule has 1 aromatic carbocycles. The summed E-state index contributed by atoms with van der Waals surface area (Å²) >= 11 is 12.0. The predicted octanol–water partition coefficient (Wildman–Crippen LogP) is 4.90. The average Bonchev–Trinajstić information content (AvgIpc) is 3.05. The number of carbonyl (C=O) groups excluding carboxylic acids is 1. The van der Waals surface area contributed by atoms with Gasteiger partial charge in [-0.15, -0.1) is 0 Å². The van der Waals surface area contributed by atoms with Crippen molar-refractivity contribution in [3.8, 4) is 11.5 Å². The van der Waals surface area contributed by atoms with Gasteiger partial charge in [-0.25, -0.2) is 4.98 Å². The highest BCUT2D eigenvalue weighted by Gasteiger charge is 2.29. The molecule has 5 nitrogen and oxygen atoms in total. The first-order chi connectivity index (χ1) is 12.9. The normalized spacial score (nSPS) is 15.9. The number of carbonyl (C=O) groups is 1. The van der Waals surface area contributed by atoms with Crippen molar-refractivity contribution >= 4 is 29.1 Å². The van der Waals surface area contributed by atoms with E-state index in [-0.39, 0.29) is 11.9 Å². The lowest BCUT2D eigenvalue weighted by atomic mass is 10.0. The minimum absolute atomic E-state index is 0.100. The number of amides is 1. The van der Waals surface area contributed by atoms with Crippen LogP contribution in [0.1, 0.15) is 42.4 Å². The monoisotopic (exact) mass is 409 g/mol. The number of benzene rings is 1. The van der Waals surface area contributed by atoms with Crippen molar-refractivity contribution in [2.45, 2.75) is 39.2 Å². The number of likely N-dealkylation sites (tertiary alicyclic amines) is 1. The van der Waals surface area contributed by atoms with Crippen molar-refractivity contribution in [3.05, 3.63) is 39.7 Å². The molecule has 7 heteroatoms. The lowest BCUT2D eigenvalue weighted by Crippen LogP contribution is -2.45. The van der Waals surface area contributed by atoms with Crippen molar-refractivity contribution in [1.82, 2.24) is 14.8 Å². The third kappa shape index (κ3) is 4.48. The molecule has 0 bridgehead atoms. The molecular weight excluding hydrogens is 385 g/mol. The van der Waals surface area contributed by atoms with E-state index in [2.05, 4.69) is 16.8 Å². The van der Waals surface area contributed by atoms with Gasteiger partial charge in [-0.2, -0.15) is 0 Å². The Morgan fingerprint density at radius 1 is 1.30 bits per heavy atom. The summed E-state index contributed by atoms with van der Waals surface area (Å²) < 4.78 is 5.73. The maximum absolute atomic E-state index is 13.0. The molecule has 146 valence electrons. The minimum Gasteiger partial charge on any atom is -0.441 e. The number of oxazole rings is 1. The fourth-order valence-corrected chi connectivity index (χ4v) is 3.82. The van der Waals surface area contributed by atoms with Crippen LogP contribution in [-0.4, -0.2) is 53.4 Å². The molecule has 0 saturated carbocycles. The molecule has 1 fully saturated rings. The van der Waals surface area contributed by atoms with Gasteiger partial charge in [-0.1, -0.05) is 30.1 Å². The molecule has 1 saturated heterocycles. The van der Waals surface area contributed by atoms with Crippen molar-refractivity contribution < 1.29 is 9.21 Å². The Morgan fingerprint density at radius 2 is 2.00 bits per heavy atom. The van der Waals surface area contributed by atoms with E-state index < -0.39 is 0 Å².